The van der Waals surface area contributed by atoms with Gasteiger partial charge in [-0.2, -0.15) is 5.26 Å². The average Bonchev–Trinajstić information content (AvgIpc) is 3.54. The van der Waals surface area contributed by atoms with Gasteiger partial charge in [0.1, 0.15) is 11.1 Å². The van der Waals surface area contributed by atoms with E-state index in [1.807, 2.05) is 47.0 Å². The Morgan fingerprint density at radius 2 is 2.06 bits per heavy atom. The zero-order valence-electron chi connectivity index (χ0n) is 17.7. The Morgan fingerprint density at radius 1 is 1.18 bits per heavy atom. The molecule has 9 heteroatoms. The topological polar surface area (TPSA) is 96.5 Å². The van der Waals surface area contributed by atoms with E-state index in [4.69, 9.17) is 0 Å². The molecule has 0 saturated carbocycles. The molecule has 7 nitrogen and oxygen atoms in total. The zero-order chi connectivity index (χ0) is 22.6. The highest BCUT2D eigenvalue weighted by Gasteiger charge is 2.23. The number of fused-ring (bicyclic) bond motifs is 1. The van der Waals surface area contributed by atoms with Crippen molar-refractivity contribution in [1.29, 1.82) is 5.26 Å². The van der Waals surface area contributed by atoms with E-state index >= 15 is 0 Å². The molecule has 0 aliphatic heterocycles. The molecule has 0 fully saturated rings. The lowest BCUT2D eigenvalue weighted by Crippen LogP contribution is -2.15. The van der Waals surface area contributed by atoms with Gasteiger partial charge in [0.25, 0.3) is 0 Å². The Balaban J connectivity index is 1.35. The van der Waals surface area contributed by atoms with Gasteiger partial charge in [-0.05, 0) is 42.5 Å². The molecule has 1 aliphatic carbocycles. The molecule has 0 bridgehead atoms. The third-order valence-electron chi connectivity index (χ3n) is 5.44. The number of aromatic nitrogens is 4. The number of benzene rings is 1. The maximum atomic E-state index is 12.7. The van der Waals surface area contributed by atoms with Gasteiger partial charge in [-0.3, -0.25) is 14.3 Å². The second-order valence-corrected chi connectivity index (χ2v) is 9.68. The monoisotopic (exact) mass is 472 g/mol. The van der Waals surface area contributed by atoms with Gasteiger partial charge in [-0.15, -0.1) is 21.5 Å². The largest absolute Gasteiger partial charge is 0.316 e. The highest BCUT2D eigenvalue weighted by Crippen LogP contribution is 2.38. The SMILES string of the molecule is N#Cc1c(NC(=O)CSc2nnc(-c3cccnc3)n2Cc2ccccc2)sc2c1CCC2. The summed E-state index contributed by atoms with van der Waals surface area (Å²) >= 11 is 2.86. The number of thiophene rings is 1. The number of hydrogen-bond acceptors (Lipinski definition) is 7. The number of thioether (sulfide) groups is 1. The molecule has 4 aromatic rings. The van der Waals surface area contributed by atoms with Gasteiger partial charge in [-0.25, -0.2) is 0 Å². The summed E-state index contributed by atoms with van der Waals surface area (Å²) in [5.74, 6) is 0.720. The fourth-order valence-electron chi connectivity index (χ4n) is 3.92. The van der Waals surface area contributed by atoms with Crippen LogP contribution in [0.1, 0.15) is 28.0 Å². The van der Waals surface area contributed by atoms with Gasteiger partial charge in [-0.1, -0.05) is 42.1 Å². The molecule has 3 heterocycles. The molecule has 3 aromatic heterocycles. The number of carbonyl (C=O) groups is 1. The number of amides is 1. The molecular formula is C24H20N6OS2. The molecule has 0 spiro atoms. The second kappa shape index (κ2) is 9.57. The van der Waals surface area contributed by atoms with Crippen molar-refractivity contribution in [3.63, 3.8) is 0 Å². The second-order valence-electron chi connectivity index (χ2n) is 7.63. The predicted molar refractivity (Wildman–Crippen MR) is 129 cm³/mol. The number of aryl methyl sites for hydroxylation is 1. The lowest BCUT2D eigenvalue weighted by molar-refractivity contribution is -0.113. The minimum Gasteiger partial charge on any atom is -0.316 e. The maximum absolute atomic E-state index is 12.7. The summed E-state index contributed by atoms with van der Waals surface area (Å²) in [4.78, 5) is 18.1. The first-order valence-corrected chi connectivity index (χ1v) is 12.4. The van der Waals surface area contributed by atoms with Gasteiger partial charge in [0, 0.05) is 22.8 Å². The first-order valence-electron chi connectivity index (χ1n) is 10.6. The fourth-order valence-corrected chi connectivity index (χ4v) is 5.91. The summed E-state index contributed by atoms with van der Waals surface area (Å²) in [5, 5.41) is 22.6. The summed E-state index contributed by atoms with van der Waals surface area (Å²) in [7, 11) is 0. The van der Waals surface area contributed by atoms with Crippen LogP contribution in [0.2, 0.25) is 0 Å². The molecule has 1 amide bonds. The van der Waals surface area contributed by atoms with Crippen LogP contribution in [-0.4, -0.2) is 31.4 Å². The quantitative estimate of drug-likeness (QED) is 0.397. The Labute approximate surface area is 199 Å². The van der Waals surface area contributed by atoms with Crippen molar-refractivity contribution in [3.05, 3.63) is 76.4 Å². The minimum atomic E-state index is -0.159. The number of carbonyl (C=O) groups excluding carboxylic acids is 1. The highest BCUT2D eigenvalue weighted by molar-refractivity contribution is 7.99. The molecule has 0 radical (unpaired) electrons. The van der Waals surface area contributed by atoms with Crippen LogP contribution in [0.15, 0.2) is 60.0 Å². The average molecular weight is 473 g/mol. The van der Waals surface area contributed by atoms with Crippen LogP contribution in [0.5, 0.6) is 0 Å². The van der Waals surface area contributed by atoms with E-state index in [1.165, 1.54) is 28.0 Å². The Bertz CT molecular complexity index is 1320. The van der Waals surface area contributed by atoms with Crippen LogP contribution >= 0.6 is 23.1 Å². The van der Waals surface area contributed by atoms with Crippen molar-refractivity contribution in [2.24, 2.45) is 0 Å². The van der Waals surface area contributed by atoms with E-state index in [1.54, 1.807) is 12.4 Å². The zero-order valence-corrected chi connectivity index (χ0v) is 19.3. The number of hydrogen-bond donors (Lipinski definition) is 1. The smallest absolute Gasteiger partial charge is 0.235 e. The third kappa shape index (κ3) is 4.53. The normalized spacial score (nSPS) is 12.3. The van der Waals surface area contributed by atoms with Gasteiger partial charge in [0.15, 0.2) is 11.0 Å². The molecule has 33 heavy (non-hydrogen) atoms. The van der Waals surface area contributed by atoms with Gasteiger partial charge in [0.2, 0.25) is 5.91 Å². The summed E-state index contributed by atoms with van der Waals surface area (Å²) in [5.41, 5.74) is 3.70. The van der Waals surface area contributed by atoms with E-state index in [9.17, 15) is 10.1 Å². The Kier molecular flexibility index (Phi) is 6.19. The standard InChI is InChI=1S/C24H20N6OS2/c25-12-19-18-9-4-10-20(18)33-23(19)27-21(31)15-32-24-29-28-22(17-8-5-11-26-13-17)30(24)14-16-6-2-1-3-7-16/h1-3,5-8,11,13H,4,9-10,14-15H2,(H,27,31). The van der Waals surface area contributed by atoms with E-state index in [0.29, 0.717) is 28.1 Å². The fraction of sp³-hybridized carbons (Fsp3) is 0.208. The predicted octanol–water partition coefficient (Wildman–Crippen LogP) is 4.54. The van der Waals surface area contributed by atoms with E-state index in [-0.39, 0.29) is 11.7 Å². The Hall–Kier alpha value is -3.48. The van der Waals surface area contributed by atoms with Crippen molar-refractivity contribution in [3.8, 4) is 17.5 Å². The number of pyridine rings is 1. The Morgan fingerprint density at radius 3 is 2.85 bits per heavy atom. The van der Waals surface area contributed by atoms with Crippen LogP contribution in [0.3, 0.4) is 0 Å². The van der Waals surface area contributed by atoms with Crippen molar-refractivity contribution in [2.45, 2.75) is 31.0 Å². The van der Waals surface area contributed by atoms with Gasteiger partial charge < -0.3 is 5.32 Å². The van der Waals surface area contributed by atoms with E-state index < -0.39 is 0 Å². The molecule has 164 valence electrons. The minimum absolute atomic E-state index is 0.159. The summed E-state index contributed by atoms with van der Waals surface area (Å²) < 4.78 is 2.00. The molecule has 0 unspecified atom stereocenters. The lowest BCUT2D eigenvalue weighted by atomic mass is 10.1. The number of nitrogens with zero attached hydrogens (tertiary/aromatic N) is 5. The maximum Gasteiger partial charge on any atom is 0.235 e. The summed E-state index contributed by atoms with van der Waals surface area (Å²) in [6.45, 7) is 0.582. The van der Waals surface area contributed by atoms with Crippen LogP contribution in [0.4, 0.5) is 5.00 Å². The number of nitrogens with one attached hydrogen (secondary N) is 1. The van der Waals surface area contributed by atoms with Crippen molar-refractivity contribution < 1.29 is 4.79 Å². The molecule has 5 rings (SSSR count). The molecular weight excluding hydrogens is 452 g/mol. The van der Waals surface area contributed by atoms with E-state index in [2.05, 4.69) is 26.6 Å². The van der Waals surface area contributed by atoms with Crippen molar-refractivity contribution >= 4 is 34.0 Å². The number of rotatable bonds is 7. The van der Waals surface area contributed by atoms with Crippen molar-refractivity contribution in [2.75, 3.05) is 11.1 Å². The van der Waals surface area contributed by atoms with Crippen molar-refractivity contribution in [1.82, 2.24) is 19.7 Å². The van der Waals surface area contributed by atoms with Crippen LogP contribution in [-0.2, 0) is 24.2 Å². The number of anilines is 1. The molecule has 1 aliphatic rings. The van der Waals surface area contributed by atoms with Gasteiger partial charge in [0.05, 0.1) is 17.9 Å². The molecule has 0 saturated heterocycles. The van der Waals surface area contributed by atoms with E-state index in [0.717, 1.165) is 36.0 Å². The first kappa shape index (κ1) is 21.4. The van der Waals surface area contributed by atoms with Gasteiger partial charge >= 0.3 is 0 Å². The first-order chi connectivity index (χ1) is 16.2. The summed E-state index contributed by atoms with van der Waals surface area (Å²) in [6, 6.07) is 16.1. The van der Waals surface area contributed by atoms with Crippen LogP contribution < -0.4 is 5.32 Å². The number of nitriles is 1. The molecule has 1 N–H and O–H groups in total. The molecule has 1 aromatic carbocycles. The highest BCUT2D eigenvalue weighted by atomic mass is 32.2. The lowest BCUT2D eigenvalue weighted by Gasteiger charge is -2.10. The summed E-state index contributed by atoms with van der Waals surface area (Å²) in [6.07, 6.45) is 6.46. The molecule has 0 atom stereocenters. The third-order valence-corrected chi connectivity index (χ3v) is 7.61. The van der Waals surface area contributed by atoms with Crippen LogP contribution in [0, 0.1) is 11.3 Å². The van der Waals surface area contributed by atoms with Crippen LogP contribution in [0.25, 0.3) is 11.4 Å².